The van der Waals surface area contributed by atoms with Gasteiger partial charge in [-0.05, 0) is 100 Å². The molecule has 0 bridgehead atoms. The van der Waals surface area contributed by atoms with E-state index >= 15 is 0 Å². The van der Waals surface area contributed by atoms with Crippen LogP contribution >= 0.6 is 0 Å². The van der Waals surface area contributed by atoms with Gasteiger partial charge < -0.3 is 13.3 Å². The maximum atomic E-state index is 6.61. The number of hydrogen-bond donors (Lipinski definition) is 0. The number of aromatic nitrogens is 4. The summed E-state index contributed by atoms with van der Waals surface area (Å²) >= 11 is 0. The first-order valence-electron chi connectivity index (χ1n) is 26.5. The second kappa shape index (κ2) is 18.2. The van der Waals surface area contributed by atoms with E-state index in [1.54, 1.807) is 0 Å². The van der Waals surface area contributed by atoms with Crippen molar-refractivity contribution in [3.8, 4) is 73.2 Å². The summed E-state index contributed by atoms with van der Waals surface area (Å²) in [5.41, 5.74) is 17.4. The summed E-state index contributed by atoms with van der Waals surface area (Å²) in [7, 11) is 0. The average Bonchev–Trinajstić information content (AvgIpc) is 4.48. The Kier molecular flexibility index (Phi) is 10.5. The van der Waals surface area contributed by atoms with E-state index in [9.17, 15) is 0 Å². The Hall–Kier alpha value is -10.4. The molecule has 0 saturated heterocycles. The number of benzene rings is 11. The van der Waals surface area contributed by atoms with Crippen molar-refractivity contribution in [1.29, 1.82) is 0 Å². The molecule has 0 atom stereocenters. The van der Waals surface area contributed by atoms with Crippen LogP contribution in [0.15, 0.2) is 256 Å². The first-order chi connectivity index (χ1) is 38.6. The van der Waals surface area contributed by atoms with Crippen LogP contribution in [0.1, 0.15) is 13.8 Å². The van der Waals surface area contributed by atoms with Crippen molar-refractivity contribution in [2.75, 3.05) is 0 Å². The standard InChI is InChI=1S/C69H40N4O3.C2H6/c1-2-14-41(15-3-1)67-70-68(48-30-33-54-51-20-4-7-27-60(51)75-64(54)40-48)72-69(71-67)73-59-34-31-47(50-24-13-26-56-52-21-5-9-29-62(52)76-66(50)56)39-57(59)55-25-12-23-49(65(55)73)46-19-11-18-44(37-46)42-16-10-17-43(36-42)45-32-35-63-58(38-45)53-22-6-8-28-61(53)74-63;1-2/h1-40H;1-2H3. The molecule has 0 aliphatic rings. The molecule has 16 aromatic rings. The summed E-state index contributed by atoms with van der Waals surface area (Å²) in [6, 6.07) is 84.8. The molecular formula is C71H46N4O3. The van der Waals surface area contributed by atoms with E-state index in [4.69, 9.17) is 28.2 Å². The number of furan rings is 3. The van der Waals surface area contributed by atoms with Crippen molar-refractivity contribution in [2.45, 2.75) is 13.8 Å². The Labute approximate surface area is 447 Å². The first-order valence-corrected chi connectivity index (χ1v) is 26.5. The highest BCUT2D eigenvalue weighted by molar-refractivity contribution is 6.16. The average molecular weight is 1000 g/mol. The van der Waals surface area contributed by atoms with Crippen molar-refractivity contribution in [2.24, 2.45) is 0 Å². The van der Waals surface area contributed by atoms with Gasteiger partial charge in [-0.3, -0.25) is 4.57 Å². The van der Waals surface area contributed by atoms with Crippen molar-refractivity contribution in [3.63, 3.8) is 0 Å². The van der Waals surface area contributed by atoms with Crippen molar-refractivity contribution >= 4 is 87.6 Å². The Balaban J connectivity index is 0.00000262. The Morgan fingerprint density at radius 3 is 1.50 bits per heavy atom. The van der Waals surface area contributed by atoms with E-state index in [2.05, 4.69) is 168 Å². The van der Waals surface area contributed by atoms with Crippen LogP contribution in [0, 0.1) is 0 Å². The second-order valence-corrected chi connectivity index (χ2v) is 19.5. The molecule has 16 rings (SSSR count). The lowest BCUT2D eigenvalue weighted by atomic mass is 9.95. The van der Waals surface area contributed by atoms with Crippen LogP contribution in [0.25, 0.3) is 161 Å². The van der Waals surface area contributed by atoms with Crippen LogP contribution in [-0.4, -0.2) is 19.5 Å². The van der Waals surface area contributed by atoms with Crippen LogP contribution in [-0.2, 0) is 0 Å². The predicted octanol–water partition coefficient (Wildman–Crippen LogP) is 19.7. The minimum Gasteiger partial charge on any atom is -0.456 e. The molecule has 0 amide bonds. The third-order valence-electron chi connectivity index (χ3n) is 15.1. The Morgan fingerprint density at radius 1 is 0.282 bits per heavy atom. The van der Waals surface area contributed by atoms with Crippen molar-refractivity contribution in [1.82, 2.24) is 19.5 Å². The molecule has 11 aromatic carbocycles. The third kappa shape index (κ3) is 7.31. The zero-order valence-corrected chi connectivity index (χ0v) is 42.6. The van der Waals surface area contributed by atoms with E-state index in [-0.39, 0.29) is 0 Å². The van der Waals surface area contributed by atoms with Gasteiger partial charge in [0.2, 0.25) is 5.95 Å². The maximum Gasteiger partial charge on any atom is 0.238 e. The molecule has 0 radical (unpaired) electrons. The smallest absolute Gasteiger partial charge is 0.238 e. The lowest BCUT2D eigenvalue weighted by molar-refractivity contribution is 0.668. The van der Waals surface area contributed by atoms with Crippen molar-refractivity contribution < 1.29 is 13.3 Å². The normalized spacial score (nSPS) is 11.7. The Bertz CT molecular complexity index is 5020. The van der Waals surface area contributed by atoms with Gasteiger partial charge in [0.15, 0.2) is 11.6 Å². The van der Waals surface area contributed by atoms with E-state index in [1.807, 2.05) is 92.7 Å². The van der Waals surface area contributed by atoms with Crippen LogP contribution in [0.3, 0.4) is 0 Å². The van der Waals surface area contributed by atoms with Crippen LogP contribution in [0.5, 0.6) is 0 Å². The van der Waals surface area contributed by atoms with Gasteiger partial charge in [-0.15, -0.1) is 0 Å². The van der Waals surface area contributed by atoms with Crippen LogP contribution < -0.4 is 0 Å². The highest BCUT2D eigenvalue weighted by atomic mass is 16.3. The molecule has 7 heteroatoms. The molecule has 7 nitrogen and oxygen atoms in total. The number of para-hydroxylation sites is 5. The van der Waals surface area contributed by atoms with E-state index < -0.39 is 0 Å². The summed E-state index contributed by atoms with van der Waals surface area (Å²) in [5.74, 6) is 1.60. The molecule has 368 valence electrons. The van der Waals surface area contributed by atoms with Gasteiger partial charge in [0.25, 0.3) is 0 Å². The maximum absolute atomic E-state index is 6.61. The molecule has 0 spiro atoms. The molecule has 78 heavy (non-hydrogen) atoms. The topological polar surface area (TPSA) is 83.0 Å². The minimum atomic E-state index is 0.499. The largest absolute Gasteiger partial charge is 0.456 e. The van der Waals surface area contributed by atoms with Gasteiger partial charge in [0.05, 0.1) is 11.0 Å². The highest BCUT2D eigenvalue weighted by Crippen LogP contribution is 2.43. The van der Waals surface area contributed by atoms with Gasteiger partial charge in [-0.1, -0.05) is 190 Å². The van der Waals surface area contributed by atoms with E-state index in [0.717, 1.165) is 143 Å². The molecule has 0 fully saturated rings. The molecule has 0 saturated carbocycles. The SMILES string of the molecule is CC.c1ccc(-c2nc(-c3ccc4c(c3)oc3ccccc34)nc(-n3c4ccc(-c5cccc6c5oc5ccccc56)cc4c4cccc(-c5cccc(-c6cccc(-c7ccc8oc9ccccc9c8c7)c6)c5)c43)n2)cc1. The molecular weight excluding hydrogens is 957 g/mol. The fourth-order valence-electron chi connectivity index (χ4n) is 11.5. The lowest BCUT2D eigenvalue weighted by Crippen LogP contribution is -2.07. The third-order valence-corrected chi connectivity index (χ3v) is 15.1. The fraction of sp³-hybridized carbons (Fsp3) is 0.0282. The van der Waals surface area contributed by atoms with Gasteiger partial charge in [-0.2, -0.15) is 9.97 Å². The highest BCUT2D eigenvalue weighted by Gasteiger charge is 2.23. The van der Waals surface area contributed by atoms with Crippen molar-refractivity contribution in [3.05, 3.63) is 243 Å². The number of hydrogen-bond acceptors (Lipinski definition) is 6. The first kappa shape index (κ1) is 45.1. The predicted molar refractivity (Wildman–Crippen MR) is 320 cm³/mol. The zero-order chi connectivity index (χ0) is 51.8. The molecule has 5 heterocycles. The van der Waals surface area contributed by atoms with E-state index in [0.29, 0.717) is 17.6 Å². The van der Waals surface area contributed by atoms with Gasteiger partial charge in [0.1, 0.15) is 33.5 Å². The minimum absolute atomic E-state index is 0.499. The zero-order valence-electron chi connectivity index (χ0n) is 42.6. The summed E-state index contributed by atoms with van der Waals surface area (Å²) < 4.78 is 21.4. The Morgan fingerprint density at radius 2 is 0.756 bits per heavy atom. The van der Waals surface area contributed by atoms with Crippen LogP contribution in [0.2, 0.25) is 0 Å². The molecule has 0 aliphatic carbocycles. The van der Waals surface area contributed by atoms with E-state index in [1.165, 1.54) is 0 Å². The summed E-state index contributed by atoms with van der Waals surface area (Å²) in [6.07, 6.45) is 0. The van der Waals surface area contributed by atoms with Gasteiger partial charge in [-0.25, -0.2) is 4.98 Å². The molecule has 0 aliphatic heterocycles. The second-order valence-electron chi connectivity index (χ2n) is 19.5. The monoisotopic (exact) mass is 1000 g/mol. The molecule has 0 unspecified atom stereocenters. The number of fused-ring (bicyclic) bond motifs is 12. The van der Waals surface area contributed by atoms with Gasteiger partial charge in [0, 0.05) is 65.3 Å². The summed E-state index contributed by atoms with van der Waals surface area (Å²) in [5, 5.41) is 8.63. The number of nitrogens with zero attached hydrogens (tertiary/aromatic N) is 4. The molecule has 5 aromatic heterocycles. The quantitative estimate of drug-likeness (QED) is 0.158. The van der Waals surface area contributed by atoms with Crippen LogP contribution in [0.4, 0.5) is 0 Å². The lowest BCUT2D eigenvalue weighted by Gasteiger charge is -2.14. The molecule has 0 N–H and O–H groups in total. The fourth-order valence-corrected chi connectivity index (χ4v) is 11.5. The summed E-state index contributed by atoms with van der Waals surface area (Å²) in [6.45, 7) is 4.00. The summed E-state index contributed by atoms with van der Waals surface area (Å²) in [4.78, 5) is 16.0. The number of rotatable bonds is 7. The van der Waals surface area contributed by atoms with Gasteiger partial charge >= 0.3 is 0 Å².